The van der Waals surface area contributed by atoms with E-state index in [9.17, 15) is 18.0 Å². The van der Waals surface area contributed by atoms with Gasteiger partial charge in [0.25, 0.3) is 0 Å². The summed E-state index contributed by atoms with van der Waals surface area (Å²) in [6.45, 7) is 13.2. The number of sulfonamides is 1. The second kappa shape index (κ2) is 11.0. The molecular weight excluding hydrogens is 442 g/mol. The average molecular weight is 482 g/mol. The maximum Gasteiger partial charge on any atom is 0.320 e. The Kier molecular flexibility index (Phi) is 9.07. The first-order chi connectivity index (χ1) is 15.3. The van der Waals surface area contributed by atoms with Crippen LogP contribution in [0.2, 0.25) is 0 Å². The minimum atomic E-state index is -3.74. The maximum atomic E-state index is 13.8. The van der Waals surface area contributed by atoms with Crippen LogP contribution >= 0.6 is 0 Å². The number of nitrogens with zero attached hydrogens (tertiary/aromatic N) is 2. The Labute approximate surface area is 198 Å². The van der Waals surface area contributed by atoms with Crippen LogP contribution in [0.5, 0.6) is 0 Å². The van der Waals surface area contributed by atoms with Crippen molar-refractivity contribution in [2.75, 3.05) is 26.2 Å². The van der Waals surface area contributed by atoms with E-state index in [4.69, 9.17) is 10.8 Å². The topological polar surface area (TPSA) is 121 Å². The highest BCUT2D eigenvalue weighted by molar-refractivity contribution is 7.89. The Bertz CT molecular complexity index is 935. The van der Waals surface area contributed by atoms with Crippen LogP contribution in [0.4, 0.5) is 0 Å². The summed E-state index contributed by atoms with van der Waals surface area (Å²) in [6.07, 6.45) is 0.0935. The van der Waals surface area contributed by atoms with Gasteiger partial charge in [0, 0.05) is 32.6 Å². The minimum Gasteiger partial charge on any atom is -0.480 e. The monoisotopic (exact) mass is 481 g/mol. The van der Waals surface area contributed by atoms with E-state index >= 15 is 0 Å². The third-order valence-corrected chi connectivity index (χ3v) is 8.29. The van der Waals surface area contributed by atoms with Gasteiger partial charge in [-0.25, -0.2) is 8.42 Å². The predicted octanol–water partition coefficient (Wildman–Crippen LogP) is 3.08. The molecule has 1 aliphatic rings. The minimum absolute atomic E-state index is 0.0336. The summed E-state index contributed by atoms with van der Waals surface area (Å²) < 4.78 is 29.1. The van der Waals surface area contributed by atoms with Gasteiger partial charge >= 0.3 is 5.97 Å². The van der Waals surface area contributed by atoms with Crippen molar-refractivity contribution < 1.29 is 23.1 Å². The molecule has 1 saturated heterocycles. The molecule has 2 rings (SSSR count). The van der Waals surface area contributed by atoms with Gasteiger partial charge in [-0.05, 0) is 40.9 Å². The molecule has 8 nitrogen and oxygen atoms in total. The van der Waals surface area contributed by atoms with E-state index in [2.05, 4.69) is 13.8 Å². The van der Waals surface area contributed by atoms with E-state index < -0.39 is 22.0 Å². The Balaban J connectivity index is 2.28. The van der Waals surface area contributed by atoms with Gasteiger partial charge in [-0.1, -0.05) is 53.7 Å². The second-order valence-electron chi connectivity index (χ2n) is 9.76. The van der Waals surface area contributed by atoms with Crippen molar-refractivity contribution in [1.29, 1.82) is 0 Å². The van der Waals surface area contributed by atoms with Gasteiger partial charge in [-0.15, -0.1) is 0 Å². The van der Waals surface area contributed by atoms with Gasteiger partial charge < -0.3 is 15.7 Å². The molecule has 33 heavy (non-hydrogen) atoms. The Morgan fingerprint density at radius 1 is 0.939 bits per heavy atom. The van der Waals surface area contributed by atoms with Crippen molar-refractivity contribution in [2.45, 2.75) is 83.1 Å². The third kappa shape index (κ3) is 6.33. The molecule has 1 fully saturated rings. The molecule has 1 atom stereocenters. The van der Waals surface area contributed by atoms with Gasteiger partial charge in [-0.2, -0.15) is 4.31 Å². The normalized spacial score (nSPS) is 16.6. The van der Waals surface area contributed by atoms with Gasteiger partial charge in [0.05, 0.1) is 4.90 Å². The van der Waals surface area contributed by atoms with Crippen molar-refractivity contribution in [3.05, 3.63) is 28.8 Å². The summed E-state index contributed by atoms with van der Waals surface area (Å²) in [5.41, 5.74) is 8.30. The molecule has 3 N–H and O–H groups in total. The molecule has 1 aromatic rings. The number of carbonyl (C=O) groups is 2. The first-order valence-corrected chi connectivity index (χ1v) is 13.1. The third-order valence-electron chi connectivity index (χ3n) is 6.26. The lowest BCUT2D eigenvalue weighted by Gasteiger charge is -2.35. The van der Waals surface area contributed by atoms with Crippen molar-refractivity contribution in [3.8, 4) is 0 Å². The number of carboxylic acids is 1. The van der Waals surface area contributed by atoms with Crippen molar-refractivity contribution in [3.63, 3.8) is 0 Å². The lowest BCUT2D eigenvalue weighted by molar-refractivity contribution is -0.139. The first-order valence-electron chi connectivity index (χ1n) is 11.7. The number of carbonyl (C=O) groups excluding carboxylic acids is 1. The van der Waals surface area contributed by atoms with Crippen LogP contribution in [-0.2, 0) is 19.6 Å². The van der Waals surface area contributed by atoms with Crippen LogP contribution < -0.4 is 5.73 Å². The summed E-state index contributed by atoms with van der Waals surface area (Å²) in [7, 11) is -3.74. The Morgan fingerprint density at radius 2 is 1.42 bits per heavy atom. The van der Waals surface area contributed by atoms with Crippen molar-refractivity contribution >= 4 is 21.9 Å². The molecule has 0 unspecified atom stereocenters. The zero-order chi connectivity index (χ0) is 25.1. The van der Waals surface area contributed by atoms with Crippen LogP contribution in [0, 0.1) is 0 Å². The van der Waals surface area contributed by atoms with Crippen LogP contribution in [0.1, 0.15) is 88.8 Å². The molecule has 9 heteroatoms. The molecule has 0 saturated carbocycles. The molecule has 0 radical (unpaired) electrons. The SMILES string of the molecule is CC(C)c1cc(C(C)C)c(S(=O)(=O)N2CCN(C(=O)CC[C@H](N)C(=O)O)CC2)c(C(C)C)c1. The molecule has 0 aliphatic carbocycles. The summed E-state index contributed by atoms with van der Waals surface area (Å²) in [5.74, 6) is -0.944. The second-order valence-corrected chi connectivity index (χ2v) is 11.6. The molecule has 1 heterocycles. The van der Waals surface area contributed by atoms with Crippen LogP contribution in [0.15, 0.2) is 17.0 Å². The Morgan fingerprint density at radius 3 is 1.82 bits per heavy atom. The number of hydrogen-bond donors (Lipinski definition) is 2. The summed E-state index contributed by atoms with van der Waals surface area (Å²) >= 11 is 0. The van der Waals surface area contributed by atoms with Gasteiger partial charge in [0.1, 0.15) is 6.04 Å². The number of hydrogen-bond acceptors (Lipinski definition) is 5. The molecular formula is C24H39N3O5S. The van der Waals surface area contributed by atoms with Crippen LogP contribution in [-0.4, -0.2) is 66.8 Å². The van der Waals surface area contributed by atoms with Gasteiger partial charge in [0.2, 0.25) is 15.9 Å². The summed E-state index contributed by atoms with van der Waals surface area (Å²) in [4.78, 5) is 25.3. The van der Waals surface area contributed by atoms with E-state index in [1.165, 1.54) is 4.31 Å². The average Bonchev–Trinajstić information content (AvgIpc) is 2.75. The number of aliphatic carboxylic acids is 1. The van der Waals surface area contributed by atoms with E-state index in [1.807, 2.05) is 39.8 Å². The number of piperazine rings is 1. The number of nitrogens with two attached hydrogens (primary N) is 1. The van der Waals surface area contributed by atoms with E-state index in [0.29, 0.717) is 10.8 Å². The predicted molar refractivity (Wildman–Crippen MR) is 129 cm³/mol. The van der Waals surface area contributed by atoms with E-state index in [1.54, 1.807) is 4.90 Å². The number of benzene rings is 1. The number of carboxylic acid groups (broad SMARTS) is 1. The quantitative estimate of drug-likeness (QED) is 0.559. The fraction of sp³-hybridized carbons (Fsp3) is 0.667. The number of rotatable bonds is 9. The van der Waals surface area contributed by atoms with Crippen LogP contribution in [0.3, 0.4) is 0 Å². The van der Waals surface area contributed by atoms with Gasteiger partial charge in [0.15, 0.2) is 0 Å². The van der Waals surface area contributed by atoms with E-state index in [0.717, 1.165) is 16.7 Å². The van der Waals surface area contributed by atoms with Crippen LogP contribution in [0.25, 0.3) is 0 Å². The molecule has 0 aromatic heterocycles. The smallest absolute Gasteiger partial charge is 0.320 e. The highest BCUT2D eigenvalue weighted by Crippen LogP contribution is 2.36. The van der Waals surface area contributed by atoms with Gasteiger partial charge in [-0.3, -0.25) is 9.59 Å². The lowest BCUT2D eigenvalue weighted by Crippen LogP contribution is -2.51. The highest BCUT2D eigenvalue weighted by atomic mass is 32.2. The van der Waals surface area contributed by atoms with E-state index in [-0.39, 0.29) is 56.8 Å². The largest absolute Gasteiger partial charge is 0.480 e. The molecule has 1 aromatic carbocycles. The molecule has 186 valence electrons. The first kappa shape index (κ1) is 27.3. The molecule has 1 aliphatic heterocycles. The fourth-order valence-electron chi connectivity index (χ4n) is 4.05. The zero-order valence-corrected chi connectivity index (χ0v) is 21.5. The van der Waals surface area contributed by atoms with Crippen molar-refractivity contribution in [1.82, 2.24) is 9.21 Å². The zero-order valence-electron chi connectivity index (χ0n) is 20.7. The maximum absolute atomic E-state index is 13.8. The standard InChI is InChI=1S/C24H39N3O5S/c1-15(2)18-13-19(16(3)4)23(20(14-18)17(5)6)33(31,32)27-11-9-26(10-12-27)22(28)8-7-21(25)24(29)30/h13-17,21H,7-12,25H2,1-6H3,(H,29,30)/t21-/m0/s1. The summed E-state index contributed by atoms with van der Waals surface area (Å²) in [5, 5.41) is 8.88. The Hall–Kier alpha value is -1.97. The highest BCUT2D eigenvalue weighted by Gasteiger charge is 2.34. The lowest BCUT2D eigenvalue weighted by atomic mass is 9.89. The molecule has 1 amide bonds. The molecule has 0 bridgehead atoms. The van der Waals surface area contributed by atoms with Crippen molar-refractivity contribution in [2.24, 2.45) is 5.73 Å². The summed E-state index contributed by atoms with van der Waals surface area (Å²) in [6, 6.07) is 2.98. The number of amides is 1. The fourth-order valence-corrected chi connectivity index (χ4v) is 6.14. The molecule has 0 spiro atoms.